The van der Waals surface area contributed by atoms with E-state index >= 15 is 0 Å². The number of ketones is 1. The molecule has 0 aliphatic rings. The minimum absolute atomic E-state index is 0.151. The van der Waals surface area contributed by atoms with Gasteiger partial charge < -0.3 is 9.72 Å². The quantitative estimate of drug-likeness (QED) is 0.323. The van der Waals surface area contributed by atoms with E-state index in [1.54, 1.807) is 49.7 Å². The van der Waals surface area contributed by atoms with E-state index in [0.29, 0.717) is 21.3 Å². The number of benzene rings is 2. The van der Waals surface area contributed by atoms with Crippen LogP contribution >= 0.6 is 22.9 Å². The molecule has 2 aromatic carbocycles. The van der Waals surface area contributed by atoms with E-state index in [4.69, 9.17) is 16.3 Å². The molecule has 0 atom stereocenters. The van der Waals surface area contributed by atoms with Crippen LogP contribution in [-0.4, -0.2) is 22.4 Å². The maximum atomic E-state index is 12.6. The summed E-state index contributed by atoms with van der Waals surface area (Å²) >= 11 is 7.37. The molecule has 7 heteroatoms. The Bertz CT molecular complexity index is 1280. The molecule has 0 spiro atoms. The molecular weight excluding hydrogens is 420 g/mol. The zero-order chi connectivity index (χ0) is 21.1. The normalized spacial score (nSPS) is 11.1. The summed E-state index contributed by atoms with van der Waals surface area (Å²) in [4.78, 5) is 28.7. The number of halogens is 1. The maximum absolute atomic E-state index is 12.6. The lowest BCUT2D eigenvalue weighted by molar-refractivity contribution is 0.104. The fourth-order valence-corrected chi connectivity index (χ4v) is 3.97. The summed E-state index contributed by atoms with van der Waals surface area (Å²) < 4.78 is 7.26. The largest absolute Gasteiger partial charge is 0.497 e. The topological polar surface area (TPSA) is 64.1 Å². The SMILES string of the molecule is COc1ccc(/C=C/C(=O)c2cccc(-n3cc(-c4ccc(Cl)s4)[nH]c3=O)c2)cc1. The standard InChI is InChI=1S/C23H17ClN2O3S/c1-29-18-8-5-15(6-9-18)7-10-20(27)16-3-2-4-17(13-16)26-14-19(25-23(26)28)21-11-12-22(24)30-21/h2-14H,1H3,(H,25,28)/b10-7+. The first kappa shape index (κ1) is 19.9. The van der Waals surface area contributed by atoms with E-state index in [9.17, 15) is 9.59 Å². The van der Waals surface area contributed by atoms with Crippen LogP contribution < -0.4 is 10.4 Å². The van der Waals surface area contributed by atoms with E-state index in [2.05, 4.69) is 4.98 Å². The van der Waals surface area contributed by atoms with Crippen LogP contribution in [0, 0.1) is 0 Å². The highest BCUT2D eigenvalue weighted by Gasteiger charge is 2.11. The number of methoxy groups -OCH3 is 1. The zero-order valence-corrected chi connectivity index (χ0v) is 17.5. The number of H-pyrrole nitrogens is 1. The van der Waals surface area contributed by atoms with Gasteiger partial charge in [-0.1, -0.05) is 41.9 Å². The van der Waals surface area contributed by atoms with Gasteiger partial charge in [-0.05, 0) is 48.0 Å². The first-order chi connectivity index (χ1) is 14.5. The number of ether oxygens (including phenoxy) is 1. The van der Waals surface area contributed by atoms with Crippen LogP contribution in [0.5, 0.6) is 5.75 Å². The van der Waals surface area contributed by atoms with Crippen LogP contribution in [0.4, 0.5) is 0 Å². The van der Waals surface area contributed by atoms with Crippen molar-refractivity contribution in [3.63, 3.8) is 0 Å². The summed E-state index contributed by atoms with van der Waals surface area (Å²) in [6.07, 6.45) is 4.97. The number of carbonyl (C=O) groups excluding carboxylic acids is 1. The van der Waals surface area contributed by atoms with Crippen molar-refractivity contribution >= 4 is 34.8 Å². The lowest BCUT2D eigenvalue weighted by Gasteiger charge is -2.03. The highest BCUT2D eigenvalue weighted by Crippen LogP contribution is 2.29. The Balaban J connectivity index is 1.58. The highest BCUT2D eigenvalue weighted by molar-refractivity contribution is 7.19. The summed E-state index contributed by atoms with van der Waals surface area (Å²) in [6, 6.07) is 18.0. The number of thiophene rings is 1. The summed E-state index contributed by atoms with van der Waals surface area (Å²) in [5.74, 6) is 0.605. The Morgan fingerprint density at radius 3 is 2.63 bits per heavy atom. The molecule has 4 rings (SSSR count). The number of rotatable bonds is 6. The molecular formula is C23H17ClN2O3S. The minimum atomic E-state index is -0.284. The second kappa shape index (κ2) is 8.57. The fourth-order valence-electron chi connectivity index (χ4n) is 2.96. The molecule has 4 aromatic rings. The van der Waals surface area contributed by atoms with E-state index in [-0.39, 0.29) is 11.5 Å². The van der Waals surface area contributed by atoms with Gasteiger partial charge in [0.2, 0.25) is 0 Å². The van der Waals surface area contributed by atoms with E-state index in [1.807, 2.05) is 30.3 Å². The van der Waals surface area contributed by atoms with Crippen LogP contribution in [-0.2, 0) is 0 Å². The molecule has 2 heterocycles. The third kappa shape index (κ3) is 4.30. The van der Waals surface area contributed by atoms with Gasteiger partial charge in [-0.2, -0.15) is 0 Å². The second-order valence-corrected chi connectivity index (χ2v) is 8.18. The number of imidazole rings is 1. The van der Waals surface area contributed by atoms with Crippen molar-refractivity contribution in [1.29, 1.82) is 0 Å². The van der Waals surface area contributed by atoms with Crippen molar-refractivity contribution in [3.8, 4) is 22.0 Å². The first-order valence-electron chi connectivity index (χ1n) is 9.08. The van der Waals surface area contributed by atoms with Crippen LogP contribution in [0.1, 0.15) is 15.9 Å². The number of hydrogen-bond acceptors (Lipinski definition) is 4. The second-order valence-electron chi connectivity index (χ2n) is 6.47. The van der Waals surface area contributed by atoms with Crippen LogP contribution in [0.15, 0.2) is 77.7 Å². The number of carbonyl (C=O) groups is 1. The van der Waals surface area contributed by atoms with Gasteiger partial charge in [0.1, 0.15) is 5.75 Å². The number of hydrogen-bond donors (Lipinski definition) is 1. The van der Waals surface area contributed by atoms with Gasteiger partial charge in [0.15, 0.2) is 5.78 Å². The number of nitrogens with zero attached hydrogens (tertiary/aromatic N) is 1. The number of nitrogens with one attached hydrogen (secondary N) is 1. The molecule has 0 radical (unpaired) electrons. The number of allylic oxidation sites excluding steroid dienone is 1. The van der Waals surface area contributed by atoms with Gasteiger partial charge >= 0.3 is 5.69 Å². The summed E-state index contributed by atoms with van der Waals surface area (Å²) in [5, 5.41) is 0. The zero-order valence-electron chi connectivity index (χ0n) is 16.0. The van der Waals surface area contributed by atoms with Crippen molar-refractivity contribution < 1.29 is 9.53 Å². The Hall–Kier alpha value is -3.35. The number of aromatic amines is 1. The van der Waals surface area contributed by atoms with Crippen LogP contribution in [0.25, 0.3) is 22.3 Å². The Morgan fingerprint density at radius 2 is 1.93 bits per heavy atom. The maximum Gasteiger partial charge on any atom is 0.330 e. The molecule has 1 N–H and O–H groups in total. The minimum Gasteiger partial charge on any atom is -0.497 e. The van der Waals surface area contributed by atoms with E-state index in [0.717, 1.165) is 16.2 Å². The predicted octanol–water partition coefficient (Wildman–Crippen LogP) is 5.45. The third-order valence-electron chi connectivity index (χ3n) is 4.51. The molecule has 0 saturated heterocycles. The lowest BCUT2D eigenvalue weighted by atomic mass is 10.1. The smallest absolute Gasteiger partial charge is 0.330 e. The van der Waals surface area contributed by atoms with Crippen LogP contribution in [0.2, 0.25) is 4.34 Å². The molecule has 0 amide bonds. The van der Waals surface area contributed by atoms with Gasteiger partial charge in [0.25, 0.3) is 0 Å². The first-order valence-corrected chi connectivity index (χ1v) is 10.3. The van der Waals surface area contributed by atoms with Gasteiger partial charge in [0, 0.05) is 11.8 Å². The van der Waals surface area contributed by atoms with Crippen molar-refractivity contribution in [3.05, 3.63) is 98.9 Å². The Kier molecular flexibility index (Phi) is 5.70. The summed E-state index contributed by atoms with van der Waals surface area (Å²) in [6.45, 7) is 0. The molecule has 0 unspecified atom stereocenters. The number of aromatic nitrogens is 2. The van der Waals surface area contributed by atoms with Crippen molar-refractivity contribution in [2.24, 2.45) is 0 Å². The third-order valence-corrected chi connectivity index (χ3v) is 5.77. The average Bonchev–Trinajstić information content (AvgIpc) is 3.38. The highest BCUT2D eigenvalue weighted by atomic mass is 35.5. The van der Waals surface area contributed by atoms with E-state index in [1.165, 1.54) is 22.0 Å². The van der Waals surface area contributed by atoms with Crippen molar-refractivity contribution in [1.82, 2.24) is 9.55 Å². The Morgan fingerprint density at radius 1 is 1.13 bits per heavy atom. The van der Waals surface area contributed by atoms with Gasteiger partial charge in [-0.3, -0.25) is 9.36 Å². The molecule has 0 aliphatic heterocycles. The predicted molar refractivity (Wildman–Crippen MR) is 121 cm³/mol. The summed E-state index contributed by atoms with van der Waals surface area (Å²) in [5.41, 5.74) is 2.38. The molecule has 5 nitrogen and oxygen atoms in total. The van der Waals surface area contributed by atoms with Crippen LogP contribution in [0.3, 0.4) is 0 Å². The molecule has 0 bridgehead atoms. The Labute approximate surface area is 181 Å². The van der Waals surface area contributed by atoms with Gasteiger partial charge in [0.05, 0.1) is 27.7 Å². The molecule has 2 aromatic heterocycles. The molecule has 150 valence electrons. The lowest BCUT2D eigenvalue weighted by Crippen LogP contribution is -2.14. The van der Waals surface area contributed by atoms with Gasteiger partial charge in [-0.15, -0.1) is 11.3 Å². The molecule has 0 aliphatic carbocycles. The average molecular weight is 437 g/mol. The van der Waals surface area contributed by atoms with Gasteiger partial charge in [-0.25, -0.2) is 4.79 Å². The molecule has 0 fully saturated rings. The van der Waals surface area contributed by atoms with Crippen molar-refractivity contribution in [2.45, 2.75) is 0 Å². The monoisotopic (exact) mass is 436 g/mol. The van der Waals surface area contributed by atoms with E-state index < -0.39 is 0 Å². The fraction of sp³-hybridized carbons (Fsp3) is 0.0435. The molecule has 0 saturated carbocycles. The van der Waals surface area contributed by atoms with Crippen molar-refractivity contribution in [2.75, 3.05) is 7.11 Å². The molecule has 30 heavy (non-hydrogen) atoms. The summed E-state index contributed by atoms with van der Waals surface area (Å²) in [7, 11) is 1.61.